The molecule has 0 saturated carbocycles. The zero-order valence-electron chi connectivity index (χ0n) is 11.1. The Morgan fingerprint density at radius 3 is 2.68 bits per heavy atom. The van der Waals surface area contributed by atoms with Gasteiger partial charge < -0.3 is 8.98 Å². The van der Waals surface area contributed by atoms with E-state index in [2.05, 4.69) is 11.1 Å². The number of imidazole rings is 1. The van der Waals surface area contributed by atoms with Crippen molar-refractivity contribution in [3.63, 3.8) is 0 Å². The van der Waals surface area contributed by atoms with Gasteiger partial charge >= 0.3 is 0 Å². The quantitative estimate of drug-likeness (QED) is 0.666. The highest BCUT2D eigenvalue weighted by atomic mass is 16.3. The lowest BCUT2D eigenvalue weighted by Gasteiger charge is -2.00. The van der Waals surface area contributed by atoms with Crippen LogP contribution in [0.1, 0.15) is 17.1 Å². The van der Waals surface area contributed by atoms with E-state index < -0.39 is 0 Å². The van der Waals surface area contributed by atoms with Gasteiger partial charge in [-0.1, -0.05) is 0 Å². The molecular weight excluding hydrogens is 238 g/mol. The number of hydrogen-bond acceptors (Lipinski definition) is 3. The van der Waals surface area contributed by atoms with Crippen molar-refractivity contribution in [1.29, 1.82) is 5.26 Å². The van der Waals surface area contributed by atoms with Gasteiger partial charge in [0.2, 0.25) is 0 Å². The first kappa shape index (κ1) is 11.5. The van der Waals surface area contributed by atoms with Crippen LogP contribution in [-0.4, -0.2) is 9.55 Å². The normalized spacial score (nSPS) is 10.8. The maximum absolute atomic E-state index is 8.96. The minimum atomic E-state index is 0.641. The Kier molecular flexibility index (Phi) is 2.42. The SMILES string of the molecule is Cc1cc(-c2nc3ccc(C#N)cc3n2C)c(C)o1. The van der Waals surface area contributed by atoms with Crippen molar-refractivity contribution < 1.29 is 4.42 Å². The molecule has 0 atom stereocenters. The van der Waals surface area contributed by atoms with Gasteiger partial charge in [-0.3, -0.25) is 0 Å². The second kappa shape index (κ2) is 3.99. The molecule has 0 radical (unpaired) electrons. The molecule has 0 N–H and O–H groups in total. The van der Waals surface area contributed by atoms with E-state index in [1.807, 2.05) is 43.7 Å². The number of aromatic nitrogens is 2. The summed E-state index contributed by atoms with van der Waals surface area (Å²) in [7, 11) is 1.95. The molecule has 4 nitrogen and oxygen atoms in total. The lowest BCUT2D eigenvalue weighted by Crippen LogP contribution is -1.92. The van der Waals surface area contributed by atoms with Crippen LogP contribution in [0.25, 0.3) is 22.4 Å². The van der Waals surface area contributed by atoms with Gasteiger partial charge in [0, 0.05) is 7.05 Å². The Labute approximate surface area is 110 Å². The molecule has 0 fully saturated rings. The number of nitrogens with zero attached hydrogens (tertiary/aromatic N) is 3. The molecule has 1 aromatic carbocycles. The lowest BCUT2D eigenvalue weighted by molar-refractivity contribution is 0.505. The fourth-order valence-electron chi connectivity index (χ4n) is 2.35. The molecule has 0 spiro atoms. The molecule has 2 heterocycles. The van der Waals surface area contributed by atoms with Crippen LogP contribution in [0.3, 0.4) is 0 Å². The minimum Gasteiger partial charge on any atom is -0.466 e. The topological polar surface area (TPSA) is 54.8 Å². The van der Waals surface area contributed by atoms with Crippen molar-refractivity contribution in [3.8, 4) is 17.5 Å². The maximum atomic E-state index is 8.96. The summed E-state index contributed by atoms with van der Waals surface area (Å²) in [6, 6.07) is 9.65. The Bertz CT molecular complexity index is 818. The molecule has 0 aliphatic carbocycles. The second-order valence-electron chi connectivity index (χ2n) is 4.64. The van der Waals surface area contributed by atoms with Crippen LogP contribution >= 0.6 is 0 Å². The molecule has 3 aromatic rings. The van der Waals surface area contributed by atoms with E-state index in [0.29, 0.717) is 5.56 Å². The minimum absolute atomic E-state index is 0.641. The van der Waals surface area contributed by atoms with E-state index in [-0.39, 0.29) is 0 Å². The maximum Gasteiger partial charge on any atom is 0.144 e. The fourth-order valence-corrected chi connectivity index (χ4v) is 2.35. The largest absolute Gasteiger partial charge is 0.466 e. The fraction of sp³-hybridized carbons (Fsp3) is 0.200. The van der Waals surface area contributed by atoms with E-state index in [4.69, 9.17) is 9.68 Å². The highest BCUT2D eigenvalue weighted by molar-refractivity contribution is 5.82. The third-order valence-electron chi connectivity index (χ3n) is 3.29. The first-order valence-corrected chi connectivity index (χ1v) is 6.04. The molecule has 4 heteroatoms. The predicted molar refractivity (Wildman–Crippen MR) is 72.6 cm³/mol. The number of furan rings is 1. The van der Waals surface area contributed by atoms with Crippen LogP contribution in [-0.2, 0) is 7.05 Å². The first-order valence-electron chi connectivity index (χ1n) is 6.04. The summed E-state index contributed by atoms with van der Waals surface area (Å²) in [5.74, 6) is 2.59. The van der Waals surface area contributed by atoms with Crippen molar-refractivity contribution in [2.45, 2.75) is 13.8 Å². The van der Waals surface area contributed by atoms with Gasteiger partial charge in [0.25, 0.3) is 0 Å². The monoisotopic (exact) mass is 251 g/mol. The van der Waals surface area contributed by atoms with Crippen molar-refractivity contribution in [2.24, 2.45) is 7.05 Å². The zero-order chi connectivity index (χ0) is 13.6. The number of benzene rings is 1. The molecule has 94 valence electrons. The Hall–Kier alpha value is -2.54. The van der Waals surface area contributed by atoms with Crippen LogP contribution in [0.5, 0.6) is 0 Å². The Morgan fingerprint density at radius 2 is 2.05 bits per heavy atom. The van der Waals surface area contributed by atoms with Crippen LogP contribution in [0.2, 0.25) is 0 Å². The van der Waals surface area contributed by atoms with E-state index in [1.165, 1.54) is 0 Å². The lowest BCUT2D eigenvalue weighted by atomic mass is 10.2. The van der Waals surface area contributed by atoms with Crippen LogP contribution in [0.15, 0.2) is 28.7 Å². The molecule has 3 rings (SSSR count). The van der Waals surface area contributed by atoms with Gasteiger partial charge in [-0.25, -0.2) is 4.98 Å². The van der Waals surface area contributed by atoms with Gasteiger partial charge in [0.05, 0.1) is 28.2 Å². The molecule has 0 saturated heterocycles. The summed E-state index contributed by atoms with van der Waals surface area (Å²) < 4.78 is 7.55. The molecule has 0 bridgehead atoms. The number of fused-ring (bicyclic) bond motifs is 1. The summed E-state index contributed by atoms with van der Waals surface area (Å²) in [5.41, 5.74) is 3.47. The van der Waals surface area contributed by atoms with Gasteiger partial charge in [-0.05, 0) is 38.1 Å². The zero-order valence-corrected chi connectivity index (χ0v) is 11.1. The molecular formula is C15H13N3O. The highest BCUT2D eigenvalue weighted by Gasteiger charge is 2.15. The first-order chi connectivity index (χ1) is 9.10. The third kappa shape index (κ3) is 1.71. The van der Waals surface area contributed by atoms with Crippen molar-refractivity contribution in [1.82, 2.24) is 9.55 Å². The van der Waals surface area contributed by atoms with Crippen LogP contribution < -0.4 is 0 Å². The average Bonchev–Trinajstić information content (AvgIpc) is 2.89. The molecule has 19 heavy (non-hydrogen) atoms. The smallest absolute Gasteiger partial charge is 0.144 e. The van der Waals surface area contributed by atoms with Gasteiger partial charge in [-0.2, -0.15) is 5.26 Å². The van der Waals surface area contributed by atoms with E-state index in [0.717, 1.165) is 33.9 Å². The average molecular weight is 251 g/mol. The molecule has 0 unspecified atom stereocenters. The summed E-state index contributed by atoms with van der Waals surface area (Å²) in [6.45, 7) is 3.86. The van der Waals surface area contributed by atoms with Crippen molar-refractivity contribution in [2.75, 3.05) is 0 Å². The molecule has 2 aromatic heterocycles. The van der Waals surface area contributed by atoms with Gasteiger partial charge in [0.1, 0.15) is 17.3 Å². The van der Waals surface area contributed by atoms with Crippen molar-refractivity contribution >= 4 is 11.0 Å². The number of rotatable bonds is 1. The van der Waals surface area contributed by atoms with E-state index >= 15 is 0 Å². The summed E-state index contributed by atoms with van der Waals surface area (Å²) in [4.78, 5) is 4.63. The summed E-state index contributed by atoms with van der Waals surface area (Å²) in [6.07, 6.45) is 0. The van der Waals surface area contributed by atoms with Crippen LogP contribution in [0, 0.1) is 25.2 Å². The standard InChI is InChI=1S/C15H13N3O/c1-9-6-12(10(2)19-9)15-17-13-5-4-11(8-16)7-14(13)18(15)3/h4-7H,1-3H3. The number of hydrogen-bond donors (Lipinski definition) is 0. The molecule has 0 aliphatic rings. The summed E-state index contributed by atoms with van der Waals surface area (Å²) >= 11 is 0. The number of aryl methyl sites for hydroxylation is 3. The van der Waals surface area contributed by atoms with Crippen molar-refractivity contribution in [3.05, 3.63) is 41.3 Å². The van der Waals surface area contributed by atoms with Gasteiger partial charge in [0.15, 0.2) is 0 Å². The predicted octanol–water partition coefficient (Wildman–Crippen LogP) is 3.32. The second-order valence-corrected chi connectivity index (χ2v) is 4.64. The Balaban J connectivity index is 2.29. The van der Waals surface area contributed by atoms with Crippen LogP contribution in [0.4, 0.5) is 0 Å². The number of nitriles is 1. The highest BCUT2D eigenvalue weighted by Crippen LogP contribution is 2.28. The molecule has 0 amide bonds. The Morgan fingerprint density at radius 1 is 1.26 bits per heavy atom. The van der Waals surface area contributed by atoms with Gasteiger partial charge in [-0.15, -0.1) is 0 Å². The summed E-state index contributed by atoms with van der Waals surface area (Å²) in [5, 5.41) is 8.96. The van der Waals surface area contributed by atoms with E-state index in [9.17, 15) is 0 Å². The molecule has 0 aliphatic heterocycles. The van der Waals surface area contributed by atoms with E-state index in [1.54, 1.807) is 6.07 Å². The third-order valence-corrected chi connectivity index (χ3v) is 3.29.